The number of carbonyl (C=O) groups excluding carboxylic acids is 1. The highest BCUT2D eigenvalue weighted by Gasteiger charge is 2.05. The molecule has 2 aromatic rings. The summed E-state index contributed by atoms with van der Waals surface area (Å²) in [5.74, 6) is 0.545. The smallest absolute Gasteiger partial charge is 0.251 e. The molecule has 1 N–H and O–H groups in total. The second-order valence-electron chi connectivity index (χ2n) is 4.62. The molecular weight excluding hydrogens is 276 g/mol. The average molecular weight is 292 g/mol. The number of amides is 1. The molecule has 0 atom stereocenters. The monoisotopic (exact) mass is 292 g/mol. The number of nitrogens with zero attached hydrogens (tertiary/aromatic N) is 1. The van der Waals surface area contributed by atoms with Crippen LogP contribution in [0.2, 0.25) is 0 Å². The van der Waals surface area contributed by atoms with Gasteiger partial charge >= 0.3 is 0 Å². The van der Waals surface area contributed by atoms with Crippen molar-refractivity contribution in [3.63, 3.8) is 0 Å². The van der Waals surface area contributed by atoms with Crippen LogP contribution in [0.3, 0.4) is 0 Å². The van der Waals surface area contributed by atoms with Crippen LogP contribution in [0.4, 0.5) is 0 Å². The third-order valence-electron chi connectivity index (χ3n) is 3.02. The van der Waals surface area contributed by atoms with Crippen molar-refractivity contribution in [2.45, 2.75) is 6.54 Å². The van der Waals surface area contributed by atoms with Crippen LogP contribution in [-0.2, 0) is 6.54 Å². The van der Waals surface area contributed by atoms with Crippen molar-refractivity contribution in [2.75, 3.05) is 6.61 Å². The van der Waals surface area contributed by atoms with Crippen molar-refractivity contribution in [1.29, 1.82) is 5.26 Å². The van der Waals surface area contributed by atoms with Crippen molar-refractivity contribution < 1.29 is 9.53 Å². The fourth-order valence-corrected chi connectivity index (χ4v) is 1.84. The molecule has 0 spiro atoms. The van der Waals surface area contributed by atoms with E-state index in [-0.39, 0.29) is 5.91 Å². The molecule has 2 aromatic carbocycles. The Bertz CT molecular complexity index is 683. The van der Waals surface area contributed by atoms with Crippen LogP contribution in [0.25, 0.3) is 0 Å². The lowest BCUT2D eigenvalue weighted by Crippen LogP contribution is -2.22. The van der Waals surface area contributed by atoms with Gasteiger partial charge in [-0.15, -0.1) is 0 Å². The first-order valence-electron chi connectivity index (χ1n) is 6.84. The van der Waals surface area contributed by atoms with E-state index >= 15 is 0 Å². The van der Waals surface area contributed by atoms with Crippen molar-refractivity contribution in [1.82, 2.24) is 5.32 Å². The summed E-state index contributed by atoms with van der Waals surface area (Å²) < 4.78 is 5.36. The van der Waals surface area contributed by atoms with E-state index in [4.69, 9.17) is 10.00 Å². The summed E-state index contributed by atoms with van der Waals surface area (Å²) in [4.78, 5) is 12.0. The highest BCUT2D eigenvalue weighted by atomic mass is 16.5. The van der Waals surface area contributed by atoms with Crippen molar-refractivity contribution >= 4 is 5.91 Å². The van der Waals surface area contributed by atoms with Gasteiger partial charge in [0.1, 0.15) is 12.4 Å². The molecule has 0 aromatic heterocycles. The summed E-state index contributed by atoms with van der Waals surface area (Å²) in [6.45, 7) is 4.43. The largest absolute Gasteiger partial charge is 0.490 e. The number of carbonyl (C=O) groups is 1. The van der Waals surface area contributed by atoms with Gasteiger partial charge in [-0.05, 0) is 42.0 Å². The second-order valence-corrected chi connectivity index (χ2v) is 4.62. The zero-order valence-electron chi connectivity index (χ0n) is 12.1. The van der Waals surface area contributed by atoms with Crippen LogP contribution >= 0.6 is 0 Å². The summed E-state index contributed by atoms with van der Waals surface area (Å²) in [6.07, 6.45) is 1.66. The molecule has 0 bridgehead atoms. The Hall–Kier alpha value is -3.06. The summed E-state index contributed by atoms with van der Waals surface area (Å²) in [5, 5.41) is 11.6. The standard InChI is InChI=1S/C18H16N2O2/c1-2-11-22-17-9-7-16(8-10-17)18(21)20-13-15-5-3-14(12-19)4-6-15/h2-10H,1,11,13H2,(H,20,21). The van der Waals surface area contributed by atoms with E-state index in [1.165, 1.54) is 0 Å². The first-order valence-corrected chi connectivity index (χ1v) is 6.84. The highest BCUT2D eigenvalue weighted by molar-refractivity contribution is 5.94. The van der Waals surface area contributed by atoms with Crippen molar-refractivity contribution in [2.24, 2.45) is 0 Å². The molecule has 22 heavy (non-hydrogen) atoms. The number of nitriles is 1. The molecule has 4 nitrogen and oxygen atoms in total. The lowest BCUT2D eigenvalue weighted by molar-refractivity contribution is 0.0951. The van der Waals surface area contributed by atoms with E-state index in [0.717, 1.165) is 5.56 Å². The van der Waals surface area contributed by atoms with E-state index in [1.807, 2.05) is 12.1 Å². The fourth-order valence-electron chi connectivity index (χ4n) is 1.84. The van der Waals surface area contributed by atoms with Gasteiger partial charge in [0.15, 0.2) is 0 Å². The Morgan fingerprint density at radius 2 is 1.86 bits per heavy atom. The van der Waals surface area contributed by atoms with Crippen LogP contribution in [0.5, 0.6) is 5.75 Å². The van der Waals surface area contributed by atoms with Crippen LogP contribution in [-0.4, -0.2) is 12.5 Å². The van der Waals surface area contributed by atoms with Gasteiger partial charge in [-0.2, -0.15) is 5.26 Å². The summed E-state index contributed by atoms with van der Waals surface area (Å²) in [6, 6.07) is 16.1. The molecule has 4 heteroatoms. The quantitative estimate of drug-likeness (QED) is 0.832. The number of ether oxygens (including phenoxy) is 1. The maximum Gasteiger partial charge on any atom is 0.251 e. The van der Waals surface area contributed by atoms with Gasteiger partial charge in [-0.25, -0.2) is 0 Å². The molecule has 0 saturated heterocycles. The fraction of sp³-hybridized carbons (Fsp3) is 0.111. The van der Waals surface area contributed by atoms with Crippen molar-refractivity contribution in [3.05, 3.63) is 77.9 Å². The van der Waals surface area contributed by atoms with Crippen molar-refractivity contribution in [3.8, 4) is 11.8 Å². The molecular formula is C18H16N2O2. The Labute approximate surface area is 129 Å². The summed E-state index contributed by atoms with van der Waals surface area (Å²) >= 11 is 0. The Kier molecular flexibility index (Phi) is 5.33. The van der Waals surface area contributed by atoms with Gasteiger partial charge in [-0.3, -0.25) is 4.79 Å². The third-order valence-corrected chi connectivity index (χ3v) is 3.02. The van der Waals surface area contributed by atoms with Gasteiger partial charge in [0.2, 0.25) is 0 Å². The van der Waals surface area contributed by atoms with Crippen LogP contribution < -0.4 is 10.1 Å². The molecule has 0 aliphatic rings. The zero-order valence-corrected chi connectivity index (χ0v) is 12.1. The zero-order chi connectivity index (χ0) is 15.8. The van der Waals surface area contributed by atoms with Gasteiger partial charge in [0.05, 0.1) is 11.6 Å². The molecule has 0 saturated carbocycles. The third kappa shape index (κ3) is 4.22. The maximum atomic E-state index is 12.0. The van der Waals surface area contributed by atoms with Gasteiger partial charge < -0.3 is 10.1 Å². The van der Waals surface area contributed by atoms with E-state index in [2.05, 4.69) is 18.0 Å². The van der Waals surface area contributed by atoms with E-state index in [1.54, 1.807) is 42.5 Å². The molecule has 0 aliphatic carbocycles. The highest BCUT2D eigenvalue weighted by Crippen LogP contribution is 2.12. The van der Waals surface area contributed by atoms with Gasteiger partial charge in [-0.1, -0.05) is 24.8 Å². The van der Waals surface area contributed by atoms with E-state index < -0.39 is 0 Å². The molecule has 2 rings (SSSR count). The van der Waals surface area contributed by atoms with Crippen LogP contribution in [0.1, 0.15) is 21.5 Å². The predicted octanol–water partition coefficient (Wildman–Crippen LogP) is 3.05. The topological polar surface area (TPSA) is 62.1 Å². The Balaban J connectivity index is 1.91. The number of benzene rings is 2. The normalized spacial score (nSPS) is 9.59. The SMILES string of the molecule is C=CCOc1ccc(C(=O)NCc2ccc(C#N)cc2)cc1. The maximum absolute atomic E-state index is 12.0. The summed E-state index contributed by atoms with van der Waals surface area (Å²) in [7, 11) is 0. The van der Waals surface area contributed by atoms with E-state index in [9.17, 15) is 4.79 Å². The molecule has 0 unspecified atom stereocenters. The molecule has 110 valence electrons. The van der Waals surface area contributed by atoms with Crippen LogP contribution in [0, 0.1) is 11.3 Å². The first-order chi connectivity index (χ1) is 10.7. The van der Waals surface area contributed by atoms with Gasteiger partial charge in [0.25, 0.3) is 5.91 Å². The second kappa shape index (κ2) is 7.65. The minimum Gasteiger partial charge on any atom is -0.490 e. The molecule has 1 amide bonds. The lowest BCUT2D eigenvalue weighted by atomic mass is 10.1. The number of nitrogens with one attached hydrogen (secondary N) is 1. The predicted molar refractivity (Wildman–Crippen MR) is 84.5 cm³/mol. The molecule has 0 fully saturated rings. The number of hydrogen-bond acceptors (Lipinski definition) is 3. The molecule has 0 heterocycles. The van der Waals surface area contributed by atoms with Crippen LogP contribution in [0.15, 0.2) is 61.2 Å². The number of rotatable bonds is 6. The van der Waals surface area contributed by atoms with E-state index in [0.29, 0.717) is 30.0 Å². The average Bonchev–Trinajstić information content (AvgIpc) is 2.58. The minimum absolute atomic E-state index is 0.153. The molecule has 0 aliphatic heterocycles. The molecule has 0 radical (unpaired) electrons. The Morgan fingerprint density at radius 1 is 1.18 bits per heavy atom. The summed E-state index contributed by atoms with van der Waals surface area (Å²) in [5.41, 5.74) is 2.11. The number of hydrogen-bond donors (Lipinski definition) is 1. The lowest BCUT2D eigenvalue weighted by Gasteiger charge is -2.07. The minimum atomic E-state index is -0.153. The Morgan fingerprint density at radius 3 is 2.45 bits per heavy atom. The first kappa shape index (κ1) is 15.3. The van der Waals surface area contributed by atoms with Gasteiger partial charge in [0, 0.05) is 12.1 Å².